The van der Waals surface area contributed by atoms with Crippen molar-refractivity contribution in [2.75, 3.05) is 17.2 Å². The molecule has 2 amide bonds. The topological polar surface area (TPSA) is 67.4 Å². The highest BCUT2D eigenvalue weighted by atomic mass is 19.1. The van der Waals surface area contributed by atoms with Crippen LogP contribution in [-0.4, -0.2) is 24.5 Å². The Kier molecular flexibility index (Phi) is 4.86. The van der Waals surface area contributed by atoms with Crippen molar-refractivity contribution in [1.29, 1.82) is 0 Å². The molecule has 1 saturated heterocycles. The van der Waals surface area contributed by atoms with E-state index in [1.807, 2.05) is 0 Å². The molecule has 3 rings (SSSR count). The van der Waals surface area contributed by atoms with Gasteiger partial charge in [-0.2, -0.15) is 0 Å². The van der Waals surface area contributed by atoms with E-state index in [1.165, 1.54) is 24.3 Å². The van der Waals surface area contributed by atoms with E-state index in [2.05, 4.69) is 10.6 Å². The Morgan fingerprint density at radius 3 is 2.38 bits per heavy atom. The highest BCUT2D eigenvalue weighted by Gasteiger charge is 2.23. The number of hydrogen-bond acceptors (Lipinski definition) is 3. The molecular formula is C18H17FN2O3. The summed E-state index contributed by atoms with van der Waals surface area (Å²) in [6.07, 6.45) is 1.23. The number of hydrogen-bond donors (Lipinski definition) is 2. The fraction of sp³-hybridized carbons (Fsp3) is 0.222. The lowest BCUT2D eigenvalue weighted by atomic mass is 10.2. The van der Waals surface area contributed by atoms with Crippen LogP contribution in [0.25, 0.3) is 0 Å². The van der Waals surface area contributed by atoms with Gasteiger partial charge in [0.1, 0.15) is 11.9 Å². The van der Waals surface area contributed by atoms with E-state index in [-0.39, 0.29) is 11.5 Å². The van der Waals surface area contributed by atoms with E-state index in [0.29, 0.717) is 18.0 Å². The zero-order valence-corrected chi connectivity index (χ0v) is 12.9. The summed E-state index contributed by atoms with van der Waals surface area (Å²) in [6, 6.07) is 12.2. The lowest BCUT2D eigenvalue weighted by Crippen LogP contribution is -2.26. The molecule has 0 aliphatic carbocycles. The van der Waals surface area contributed by atoms with Gasteiger partial charge in [0.15, 0.2) is 0 Å². The Morgan fingerprint density at radius 2 is 1.75 bits per heavy atom. The van der Waals surface area contributed by atoms with Gasteiger partial charge in [-0.05, 0) is 55.3 Å². The van der Waals surface area contributed by atoms with Crippen molar-refractivity contribution in [2.24, 2.45) is 0 Å². The Hall–Kier alpha value is -2.73. The lowest BCUT2D eigenvalue weighted by Gasteiger charge is -2.11. The predicted octanol–water partition coefficient (Wildman–Crippen LogP) is 3.20. The molecule has 0 bridgehead atoms. The summed E-state index contributed by atoms with van der Waals surface area (Å²) >= 11 is 0. The molecule has 1 atom stereocenters. The number of rotatable bonds is 4. The summed E-state index contributed by atoms with van der Waals surface area (Å²) < 4.78 is 18.5. The zero-order valence-electron chi connectivity index (χ0n) is 12.9. The molecule has 124 valence electrons. The van der Waals surface area contributed by atoms with Gasteiger partial charge in [0.2, 0.25) is 0 Å². The van der Waals surface area contributed by atoms with Crippen LogP contribution < -0.4 is 10.6 Å². The lowest BCUT2D eigenvalue weighted by molar-refractivity contribution is -0.124. The average molecular weight is 328 g/mol. The van der Waals surface area contributed by atoms with Gasteiger partial charge in [0.05, 0.1) is 0 Å². The highest BCUT2D eigenvalue weighted by Crippen LogP contribution is 2.18. The van der Waals surface area contributed by atoms with Crippen molar-refractivity contribution < 1.29 is 18.7 Å². The maximum atomic E-state index is 13.1. The molecule has 1 aliphatic heterocycles. The summed E-state index contributed by atoms with van der Waals surface area (Å²) in [5.74, 6) is -1.02. The number of carbonyl (C=O) groups is 2. The van der Waals surface area contributed by atoms with Crippen LogP contribution in [0.1, 0.15) is 23.2 Å². The number of carbonyl (C=O) groups excluding carboxylic acids is 2. The monoisotopic (exact) mass is 328 g/mol. The minimum absolute atomic E-state index is 0.163. The van der Waals surface area contributed by atoms with E-state index < -0.39 is 17.8 Å². The van der Waals surface area contributed by atoms with Crippen molar-refractivity contribution in [3.05, 3.63) is 59.9 Å². The van der Waals surface area contributed by atoms with Crippen molar-refractivity contribution in [3.63, 3.8) is 0 Å². The molecule has 0 aromatic heterocycles. The van der Waals surface area contributed by atoms with E-state index >= 15 is 0 Å². The molecule has 2 aromatic carbocycles. The molecule has 6 heteroatoms. The molecule has 0 spiro atoms. The molecule has 0 saturated carbocycles. The Morgan fingerprint density at radius 1 is 1.04 bits per heavy atom. The van der Waals surface area contributed by atoms with Gasteiger partial charge in [0.25, 0.3) is 11.8 Å². The SMILES string of the molecule is O=C(Nc1ccc(NC(=O)[C@@H]2CCCO2)cc1)c1cccc(F)c1. The van der Waals surface area contributed by atoms with Gasteiger partial charge in [-0.15, -0.1) is 0 Å². The van der Waals surface area contributed by atoms with Gasteiger partial charge in [-0.25, -0.2) is 4.39 Å². The summed E-state index contributed by atoms with van der Waals surface area (Å²) in [4.78, 5) is 24.0. The largest absolute Gasteiger partial charge is 0.368 e. The standard InChI is InChI=1S/C18H17FN2O3/c19-13-4-1-3-12(11-13)17(22)20-14-6-8-15(9-7-14)21-18(23)16-5-2-10-24-16/h1,3-4,6-9,11,16H,2,5,10H2,(H,20,22)(H,21,23)/t16-/m0/s1. The molecular weight excluding hydrogens is 311 g/mol. The summed E-state index contributed by atoms with van der Waals surface area (Å²) in [5.41, 5.74) is 1.42. The van der Waals surface area contributed by atoms with E-state index in [0.717, 1.165) is 12.8 Å². The number of amides is 2. The maximum Gasteiger partial charge on any atom is 0.255 e. The maximum absolute atomic E-state index is 13.1. The molecule has 1 aliphatic rings. The van der Waals surface area contributed by atoms with Crippen LogP contribution >= 0.6 is 0 Å². The van der Waals surface area contributed by atoms with Crippen LogP contribution in [-0.2, 0) is 9.53 Å². The Balaban J connectivity index is 1.60. The first-order valence-corrected chi connectivity index (χ1v) is 7.71. The third-order valence-corrected chi connectivity index (χ3v) is 3.72. The van der Waals surface area contributed by atoms with Gasteiger partial charge >= 0.3 is 0 Å². The van der Waals surface area contributed by atoms with Crippen molar-refractivity contribution in [3.8, 4) is 0 Å². The Labute approximate surface area is 138 Å². The third kappa shape index (κ3) is 3.97. The predicted molar refractivity (Wildman–Crippen MR) is 88.4 cm³/mol. The van der Waals surface area contributed by atoms with Crippen molar-refractivity contribution in [1.82, 2.24) is 0 Å². The Bertz CT molecular complexity index is 740. The number of nitrogens with one attached hydrogen (secondary N) is 2. The smallest absolute Gasteiger partial charge is 0.255 e. The van der Waals surface area contributed by atoms with Crippen molar-refractivity contribution in [2.45, 2.75) is 18.9 Å². The number of halogens is 1. The van der Waals surface area contributed by atoms with Crippen LogP contribution in [0, 0.1) is 5.82 Å². The van der Waals surface area contributed by atoms with E-state index in [1.54, 1.807) is 24.3 Å². The number of benzene rings is 2. The molecule has 24 heavy (non-hydrogen) atoms. The molecule has 1 fully saturated rings. The van der Waals surface area contributed by atoms with Gasteiger partial charge in [-0.3, -0.25) is 9.59 Å². The zero-order chi connectivity index (χ0) is 16.9. The first kappa shape index (κ1) is 16.1. The molecule has 2 aromatic rings. The number of ether oxygens (including phenoxy) is 1. The second-order valence-corrected chi connectivity index (χ2v) is 5.53. The number of anilines is 2. The normalized spacial score (nSPS) is 16.6. The van der Waals surface area contributed by atoms with Gasteiger partial charge < -0.3 is 15.4 Å². The quantitative estimate of drug-likeness (QED) is 0.906. The van der Waals surface area contributed by atoms with Crippen LogP contribution in [0.5, 0.6) is 0 Å². The molecule has 2 N–H and O–H groups in total. The second kappa shape index (κ2) is 7.23. The van der Waals surface area contributed by atoms with Crippen LogP contribution in [0.2, 0.25) is 0 Å². The summed E-state index contributed by atoms with van der Waals surface area (Å²) in [5, 5.41) is 5.46. The molecule has 1 heterocycles. The summed E-state index contributed by atoms with van der Waals surface area (Å²) in [7, 11) is 0. The first-order valence-electron chi connectivity index (χ1n) is 7.71. The average Bonchev–Trinajstić information content (AvgIpc) is 3.11. The van der Waals surface area contributed by atoms with Crippen LogP contribution in [0.15, 0.2) is 48.5 Å². The molecule has 0 radical (unpaired) electrons. The van der Waals surface area contributed by atoms with E-state index in [4.69, 9.17) is 4.74 Å². The van der Waals surface area contributed by atoms with Gasteiger partial charge in [0, 0.05) is 23.5 Å². The fourth-order valence-electron chi connectivity index (χ4n) is 2.48. The summed E-state index contributed by atoms with van der Waals surface area (Å²) in [6.45, 7) is 0.614. The van der Waals surface area contributed by atoms with Crippen LogP contribution in [0.3, 0.4) is 0 Å². The van der Waals surface area contributed by atoms with E-state index in [9.17, 15) is 14.0 Å². The second-order valence-electron chi connectivity index (χ2n) is 5.53. The third-order valence-electron chi connectivity index (χ3n) is 3.72. The minimum Gasteiger partial charge on any atom is -0.368 e. The highest BCUT2D eigenvalue weighted by molar-refractivity contribution is 6.04. The molecule has 5 nitrogen and oxygen atoms in total. The molecule has 0 unspecified atom stereocenters. The van der Waals surface area contributed by atoms with Gasteiger partial charge in [-0.1, -0.05) is 6.07 Å². The first-order chi connectivity index (χ1) is 11.6. The van der Waals surface area contributed by atoms with Crippen molar-refractivity contribution >= 4 is 23.2 Å². The minimum atomic E-state index is -0.463. The van der Waals surface area contributed by atoms with Crippen LogP contribution in [0.4, 0.5) is 15.8 Å². The fourth-order valence-corrected chi connectivity index (χ4v) is 2.48.